The number of carbonyl (C=O) groups excluding carboxylic acids is 1. The number of para-hydroxylation sites is 1. The molecule has 0 heterocycles. The van der Waals surface area contributed by atoms with Crippen LogP contribution in [-0.4, -0.2) is 30.4 Å². The van der Waals surface area contributed by atoms with Gasteiger partial charge in [-0.1, -0.05) is 48.6 Å². The number of methoxy groups -OCH3 is 1. The highest BCUT2D eigenvalue weighted by atomic mass is 19.4. The van der Waals surface area contributed by atoms with Gasteiger partial charge in [0.15, 0.2) is 0 Å². The Balaban J connectivity index is 0.00000106. The first-order chi connectivity index (χ1) is 16.7. The van der Waals surface area contributed by atoms with Gasteiger partial charge in [-0.3, -0.25) is 0 Å². The lowest BCUT2D eigenvalue weighted by atomic mass is 9.70. The molecule has 0 amide bonds. The summed E-state index contributed by atoms with van der Waals surface area (Å²) in [5.41, 5.74) is -6.22. The van der Waals surface area contributed by atoms with Crippen molar-refractivity contribution in [3.63, 3.8) is 0 Å². The van der Waals surface area contributed by atoms with E-state index in [4.69, 9.17) is 9.47 Å². The molecular weight excluding hydrogens is 490 g/mol. The van der Waals surface area contributed by atoms with Gasteiger partial charge in [0, 0.05) is 5.57 Å². The highest BCUT2D eigenvalue weighted by Crippen LogP contribution is 2.57. The molecule has 0 unspecified atom stereocenters. The zero-order valence-corrected chi connectivity index (χ0v) is 19.6. The number of ketones is 1. The number of aliphatic hydroxyl groups is 1. The van der Waals surface area contributed by atoms with Crippen molar-refractivity contribution in [2.45, 2.75) is 38.0 Å². The van der Waals surface area contributed by atoms with Gasteiger partial charge in [-0.2, -0.15) is 26.3 Å². The fraction of sp³-hybridized carbons (Fsp3) is 0.269. The number of hydrogen-bond donors (Lipinski definition) is 1. The minimum absolute atomic E-state index is 0.0329. The van der Waals surface area contributed by atoms with Crippen LogP contribution in [0.1, 0.15) is 25.8 Å². The molecule has 0 radical (unpaired) electrons. The number of alkyl halides is 6. The molecule has 0 spiro atoms. The lowest BCUT2D eigenvalue weighted by Crippen LogP contribution is -2.55. The van der Waals surface area contributed by atoms with Gasteiger partial charge in [-0.25, -0.2) is 0 Å². The van der Waals surface area contributed by atoms with Gasteiger partial charge in [0.05, 0.1) is 7.11 Å². The Morgan fingerprint density at radius 3 is 1.78 bits per heavy atom. The molecule has 1 N–H and O–H groups in total. The SMILES string of the molecule is CC(C)=O.COc1ccc(C(C2=CCC(=C(O)Oc3ccccc3)C=C2)(C(F)(F)F)C(F)(F)F)cc1. The number of benzene rings is 2. The molecule has 194 valence electrons. The van der Waals surface area contributed by atoms with Crippen LogP contribution in [0.3, 0.4) is 0 Å². The Labute approximate surface area is 204 Å². The average Bonchev–Trinajstić information content (AvgIpc) is 2.79. The maximum absolute atomic E-state index is 14.2. The summed E-state index contributed by atoms with van der Waals surface area (Å²) in [4.78, 5) is 9.44. The van der Waals surface area contributed by atoms with Gasteiger partial charge in [0.2, 0.25) is 5.41 Å². The van der Waals surface area contributed by atoms with E-state index in [0.29, 0.717) is 6.08 Å². The molecule has 2 aromatic carbocycles. The van der Waals surface area contributed by atoms with Gasteiger partial charge in [0.25, 0.3) is 5.95 Å². The molecule has 4 nitrogen and oxygen atoms in total. The van der Waals surface area contributed by atoms with Gasteiger partial charge in [0.1, 0.15) is 17.3 Å². The number of hydrogen-bond acceptors (Lipinski definition) is 4. The van der Waals surface area contributed by atoms with Crippen molar-refractivity contribution in [1.82, 2.24) is 0 Å². The fourth-order valence-electron chi connectivity index (χ4n) is 3.47. The molecule has 0 aliphatic heterocycles. The van der Waals surface area contributed by atoms with Crippen molar-refractivity contribution in [3.05, 3.63) is 95.5 Å². The molecule has 0 atom stereocenters. The maximum Gasteiger partial charge on any atom is 0.411 e. The van der Waals surface area contributed by atoms with E-state index in [0.717, 1.165) is 36.4 Å². The third kappa shape index (κ3) is 6.30. The predicted molar refractivity (Wildman–Crippen MR) is 122 cm³/mol. The normalized spacial score (nSPS) is 15.3. The molecule has 0 fully saturated rings. The number of rotatable bonds is 5. The number of allylic oxidation sites excluding steroid dienone is 5. The monoisotopic (exact) mass is 514 g/mol. The van der Waals surface area contributed by atoms with E-state index in [1.807, 2.05) is 0 Å². The molecule has 2 aromatic rings. The Morgan fingerprint density at radius 1 is 0.833 bits per heavy atom. The first-order valence-electron chi connectivity index (χ1n) is 10.5. The molecule has 10 heteroatoms. The summed E-state index contributed by atoms with van der Waals surface area (Å²) < 4.78 is 95.0. The third-order valence-electron chi connectivity index (χ3n) is 5.04. The van der Waals surface area contributed by atoms with Crippen molar-refractivity contribution in [1.29, 1.82) is 0 Å². The predicted octanol–water partition coefficient (Wildman–Crippen LogP) is 7.39. The van der Waals surface area contributed by atoms with Crippen molar-refractivity contribution in [2.24, 2.45) is 0 Å². The first kappa shape index (κ1) is 28.5. The number of carbonyl (C=O) groups is 1. The highest BCUT2D eigenvalue weighted by Gasteiger charge is 2.73. The third-order valence-corrected chi connectivity index (χ3v) is 5.04. The molecule has 1 aliphatic rings. The molecule has 0 bridgehead atoms. The Morgan fingerprint density at radius 2 is 1.36 bits per heavy atom. The Kier molecular flexibility index (Phi) is 9.01. The minimum atomic E-state index is -5.69. The molecule has 0 saturated heterocycles. The largest absolute Gasteiger partial charge is 0.497 e. The van der Waals surface area contributed by atoms with Crippen LogP contribution < -0.4 is 9.47 Å². The summed E-state index contributed by atoms with van der Waals surface area (Å²) in [5, 5.41) is 10.1. The number of ether oxygens (including phenoxy) is 2. The van der Waals surface area contributed by atoms with Crippen LogP contribution in [-0.2, 0) is 10.2 Å². The van der Waals surface area contributed by atoms with Crippen LogP contribution in [0, 0.1) is 0 Å². The van der Waals surface area contributed by atoms with Crippen molar-refractivity contribution in [3.8, 4) is 11.5 Å². The molecular formula is C26H24F6O4. The summed E-state index contributed by atoms with van der Waals surface area (Å²) >= 11 is 0. The van der Waals surface area contributed by atoms with Gasteiger partial charge in [-0.15, -0.1) is 0 Å². The Hall–Kier alpha value is -3.69. The molecule has 0 aromatic heterocycles. The van der Waals surface area contributed by atoms with Crippen molar-refractivity contribution < 1.29 is 45.7 Å². The number of halogens is 6. The highest BCUT2D eigenvalue weighted by molar-refractivity contribution is 5.72. The molecule has 36 heavy (non-hydrogen) atoms. The summed E-state index contributed by atoms with van der Waals surface area (Å²) in [6.45, 7) is 3.06. The van der Waals surface area contributed by atoms with Gasteiger partial charge < -0.3 is 19.4 Å². The summed E-state index contributed by atoms with van der Waals surface area (Å²) in [6, 6.07) is 11.6. The standard InChI is InChI=1S/C23H18F6O3.C3H6O/c1-31-18-13-11-17(12-14-18)21(22(24,25)26,23(27,28)29)16-9-7-15(8-10-16)20(30)32-19-5-3-2-4-6-19;1-3(2)4/h2-7,9-14,30H,8H2,1H3;1-2H3. The fourth-order valence-corrected chi connectivity index (χ4v) is 3.47. The van der Waals surface area contributed by atoms with Crippen LogP contribution in [0.2, 0.25) is 0 Å². The van der Waals surface area contributed by atoms with E-state index in [1.165, 1.54) is 33.1 Å². The van der Waals surface area contributed by atoms with Crippen molar-refractivity contribution >= 4 is 5.78 Å². The summed E-state index contributed by atoms with van der Waals surface area (Å²) in [5.74, 6) is -0.0657. The van der Waals surface area contributed by atoms with Crippen LogP contribution in [0.5, 0.6) is 11.5 Å². The second-order valence-corrected chi connectivity index (χ2v) is 7.82. The van der Waals surface area contributed by atoms with E-state index in [9.17, 15) is 36.2 Å². The topological polar surface area (TPSA) is 55.8 Å². The number of aliphatic hydroxyl groups excluding tert-OH is 1. The van der Waals surface area contributed by atoms with Crippen LogP contribution in [0.4, 0.5) is 26.3 Å². The van der Waals surface area contributed by atoms with Gasteiger partial charge >= 0.3 is 12.4 Å². The van der Waals surface area contributed by atoms with E-state index in [1.54, 1.807) is 18.2 Å². The van der Waals surface area contributed by atoms with E-state index < -0.39 is 41.3 Å². The van der Waals surface area contributed by atoms with E-state index in [2.05, 4.69) is 0 Å². The molecule has 0 saturated carbocycles. The molecule has 3 rings (SSSR count). The molecule has 1 aliphatic carbocycles. The second kappa shape index (κ2) is 11.4. The zero-order valence-electron chi connectivity index (χ0n) is 19.6. The van der Waals surface area contributed by atoms with Crippen LogP contribution in [0.15, 0.2) is 89.9 Å². The van der Waals surface area contributed by atoms with E-state index in [-0.39, 0.29) is 22.9 Å². The average molecular weight is 514 g/mol. The quantitative estimate of drug-likeness (QED) is 0.334. The number of Topliss-reactive ketones (excluding diaryl/α,β-unsaturated/α-hetero) is 1. The Bertz CT molecular complexity index is 1110. The van der Waals surface area contributed by atoms with Crippen molar-refractivity contribution in [2.75, 3.05) is 7.11 Å². The lowest BCUT2D eigenvalue weighted by molar-refractivity contribution is -0.289. The summed E-state index contributed by atoms with van der Waals surface area (Å²) in [7, 11) is 1.25. The zero-order chi connectivity index (χ0) is 27.1. The van der Waals surface area contributed by atoms with Gasteiger partial charge in [-0.05, 0) is 55.7 Å². The lowest BCUT2D eigenvalue weighted by Gasteiger charge is -2.39. The van der Waals surface area contributed by atoms with Crippen LogP contribution >= 0.6 is 0 Å². The van der Waals surface area contributed by atoms with E-state index >= 15 is 0 Å². The maximum atomic E-state index is 14.2. The summed E-state index contributed by atoms with van der Waals surface area (Å²) in [6.07, 6.45) is -9.29. The smallest absolute Gasteiger partial charge is 0.411 e. The second-order valence-electron chi connectivity index (χ2n) is 7.82. The minimum Gasteiger partial charge on any atom is -0.497 e. The first-order valence-corrected chi connectivity index (χ1v) is 10.5. The van der Waals surface area contributed by atoms with Crippen LogP contribution in [0.25, 0.3) is 0 Å².